The van der Waals surface area contributed by atoms with Crippen molar-refractivity contribution in [3.63, 3.8) is 0 Å². The van der Waals surface area contributed by atoms with Gasteiger partial charge in [0.05, 0.1) is 11.6 Å². The summed E-state index contributed by atoms with van der Waals surface area (Å²) in [5.74, 6) is -0.137. The normalized spacial score (nSPS) is 25.0. The number of amides is 2. The van der Waals surface area contributed by atoms with Crippen molar-refractivity contribution in [2.75, 3.05) is 6.54 Å². The molecule has 2 atom stereocenters. The van der Waals surface area contributed by atoms with Gasteiger partial charge < -0.3 is 15.2 Å². The van der Waals surface area contributed by atoms with Crippen LogP contribution in [0, 0.1) is 6.92 Å². The number of nitrogens with one attached hydrogen (secondary N) is 2. The van der Waals surface area contributed by atoms with Gasteiger partial charge in [-0.3, -0.25) is 14.6 Å². The second-order valence-electron chi connectivity index (χ2n) is 7.07. The zero-order valence-corrected chi connectivity index (χ0v) is 14.3. The Morgan fingerprint density at radius 3 is 2.92 bits per heavy atom. The number of fused-ring (bicyclic) bond motifs is 1. The molecular formula is C19H22N4O2. The Bertz CT molecular complexity index is 784. The number of aryl methyl sites for hydroxylation is 1. The summed E-state index contributed by atoms with van der Waals surface area (Å²) in [6.07, 6.45) is 7.10. The lowest BCUT2D eigenvalue weighted by Gasteiger charge is -2.33. The molecule has 2 N–H and O–H groups in total. The number of aromatic nitrogens is 2. The van der Waals surface area contributed by atoms with E-state index in [0.29, 0.717) is 17.9 Å². The van der Waals surface area contributed by atoms with E-state index in [1.54, 1.807) is 24.5 Å². The van der Waals surface area contributed by atoms with E-state index in [4.69, 9.17) is 0 Å². The number of pyridine rings is 1. The van der Waals surface area contributed by atoms with Crippen molar-refractivity contribution in [2.24, 2.45) is 0 Å². The third kappa shape index (κ3) is 2.71. The van der Waals surface area contributed by atoms with Crippen LogP contribution in [0.3, 0.4) is 0 Å². The maximum absolute atomic E-state index is 12.9. The number of hydrogen-bond acceptors (Lipinski definition) is 3. The van der Waals surface area contributed by atoms with E-state index in [1.807, 2.05) is 24.0 Å². The molecule has 0 spiro atoms. The van der Waals surface area contributed by atoms with Crippen LogP contribution < -0.4 is 5.32 Å². The predicted octanol–water partition coefficient (Wildman–Crippen LogP) is 2.29. The quantitative estimate of drug-likeness (QED) is 0.901. The summed E-state index contributed by atoms with van der Waals surface area (Å²) in [6, 6.07) is 7.31. The maximum Gasteiger partial charge on any atom is 0.272 e. The predicted molar refractivity (Wildman–Crippen MR) is 93.3 cm³/mol. The Kier molecular flexibility index (Phi) is 3.82. The van der Waals surface area contributed by atoms with Gasteiger partial charge >= 0.3 is 0 Å². The molecule has 1 saturated heterocycles. The van der Waals surface area contributed by atoms with Crippen molar-refractivity contribution in [2.45, 2.75) is 44.2 Å². The molecule has 1 aliphatic heterocycles. The molecule has 2 amide bonds. The second kappa shape index (κ2) is 6.02. The Hall–Kier alpha value is -2.63. The van der Waals surface area contributed by atoms with Crippen LogP contribution in [0.15, 0.2) is 36.7 Å². The number of H-pyrrole nitrogens is 1. The Labute approximate surface area is 146 Å². The van der Waals surface area contributed by atoms with Gasteiger partial charge in [-0.1, -0.05) is 6.07 Å². The lowest BCUT2D eigenvalue weighted by atomic mass is 9.92. The van der Waals surface area contributed by atoms with Gasteiger partial charge in [0, 0.05) is 18.9 Å². The molecule has 2 aromatic heterocycles. The van der Waals surface area contributed by atoms with Crippen molar-refractivity contribution in [1.29, 1.82) is 0 Å². The van der Waals surface area contributed by atoms with Gasteiger partial charge in [-0.15, -0.1) is 0 Å². The fraction of sp³-hybridized carbons (Fsp3) is 0.421. The van der Waals surface area contributed by atoms with Crippen molar-refractivity contribution >= 4 is 11.8 Å². The molecule has 1 aliphatic carbocycles. The van der Waals surface area contributed by atoms with Crippen LogP contribution in [0.2, 0.25) is 0 Å². The third-order valence-corrected chi connectivity index (χ3v) is 5.51. The van der Waals surface area contributed by atoms with Crippen LogP contribution >= 0.6 is 0 Å². The summed E-state index contributed by atoms with van der Waals surface area (Å²) >= 11 is 0. The van der Waals surface area contributed by atoms with Crippen molar-refractivity contribution in [3.8, 4) is 0 Å². The van der Waals surface area contributed by atoms with Crippen molar-refractivity contribution in [1.82, 2.24) is 20.2 Å². The Morgan fingerprint density at radius 1 is 1.32 bits per heavy atom. The van der Waals surface area contributed by atoms with E-state index in [1.165, 1.54) is 0 Å². The highest BCUT2D eigenvalue weighted by Gasteiger charge is 2.53. The highest BCUT2D eigenvalue weighted by atomic mass is 16.2. The number of aromatic amines is 1. The van der Waals surface area contributed by atoms with Crippen LogP contribution in [0.4, 0.5) is 0 Å². The first-order chi connectivity index (χ1) is 12.1. The molecule has 0 radical (unpaired) electrons. The minimum absolute atomic E-state index is 0.0390. The molecule has 130 valence electrons. The van der Waals surface area contributed by atoms with E-state index in [9.17, 15) is 9.59 Å². The molecule has 2 aromatic rings. The van der Waals surface area contributed by atoms with E-state index >= 15 is 0 Å². The molecule has 6 heteroatoms. The molecule has 3 heterocycles. The van der Waals surface area contributed by atoms with Gasteiger partial charge in [-0.2, -0.15) is 0 Å². The summed E-state index contributed by atoms with van der Waals surface area (Å²) < 4.78 is 0. The van der Waals surface area contributed by atoms with Crippen LogP contribution in [-0.2, 0) is 0 Å². The topological polar surface area (TPSA) is 78.1 Å². The van der Waals surface area contributed by atoms with Crippen LogP contribution in [0.5, 0.6) is 0 Å². The van der Waals surface area contributed by atoms with Crippen LogP contribution in [0.25, 0.3) is 0 Å². The molecule has 6 nitrogen and oxygen atoms in total. The number of carbonyl (C=O) groups excluding carboxylic acids is 2. The van der Waals surface area contributed by atoms with Crippen LogP contribution in [-0.4, -0.2) is 44.8 Å². The van der Waals surface area contributed by atoms with E-state index in [2.05, 4.69) is 15.3 Å². The number of likely N-dealkylation sites (tertiary alicyclic amines) is 1. The van der Waals surface area contributed by atoms with Crippen molar-refractivity contribution in [3.05, 3.63) is 53.6 Å². The van der Waals surface area contributed by atoms with Gasteiger partial charge in [-0.25, -0.2) is 0 Å². The first-order valence-corrected chi connectivity index (χ1v) is 8.79. The highest BCUT2D eigenvalue weighted by molar-refractivity contribution is 5.94. The van der Waals surface area contributed by atoms with Gasteiger partial charge in [0.1, 0.15) is 11.4 Å². The van der Waals surface area contributed by atoms with Gasteiger partial charge in [0.25, 0.3) is 11.8 Å². The van der Waals surface area contributed by atoms with E-state index in [-0.39, 0.29) is 23.4 Å². The summed E-state index contributed by atoms with van der Waals surface area (Å²) in [6.45, 7) is 2.61. The zero-order valence-electron chi connectivity index (χ0n) is 14.3. The maximum atomic E-state index is 12.9. The number of hydrogen-bond donors (Lipinski definition) is 2. The molecule has 4 rings (SSSR count). The molecule has 2 fully saturated rings. The monoisotopic (exact) mass is 338 g/mol. The Balaban J connectivity index is 1.54. The minimum atomic E-state index is -0.317. The van der Waals surface area contributed by atoms with Crippen molar-refractivity contribution < 1.29 is 9.59 Å². The number of rotatable bonds is 3. The zero-order chi connectivity index (χ0) is 17.4. The first-order valence-electron chi connectivity index (χ1n) is 8.79. The molecule has 2 unspecified atom stereocenters. The van der Waals surface area contributed by atoms with Crippen LogP contribution in [0.1, 0.15) is 52.2 Å². The van der Waals surface area contributed by atoms with E-state index in [0.717, 1.165) is 31.2 Å². The molecule has 1 saturated carbocycles. The van der Waals surface area contributed by atoms with Gasteiger partial charge in [0.15, 0.2) is 0 Å². The lowest BCUT2D eigenvalue weighted by Crippen LogP contribution is -2.54. The largest absolute Gasteiger partial charge is 0.357 e. The van der Waals surface area contributed by atoms with E-state index < -0.39 is 0 Å². The number of carbonyl (C=O) groups is 2. The average molecular weight is 338 g/mol. The summed E-state index contributed by atoms with van der Waals surface area (Å²) in [4.78, 5) is 34.6. The standard InChI is InChI=1S/C19H22N4O2/c1-13-6-7-15(21-12-13)18(25)23-11-9-19(8-2-5-16(19)23)22-17(24)14-4-3-10-20-14/h3-4,6-7,10,12,16,20H,2,5,8-9,11H2,1H3,(H,22,24). The summed E-state index contributed by atoms with van der Waals surface area (Å²) in [5, 5.41) is 3.22. The molecule has 25 heavy (non-hydrogen) atoms. The number of nitrogens with zero attached hydrogens (tertiary/aromatic N) is 2. The lowest BCUT2D eigenvalue weighted by molar-refractivity contribution is 0.0689. The average Bonchev–Trinajstić information content (AvgIpc) is 3.31. The summed E-state index contributed by atoms with van der Waals surface area (Å²) in [7, 11) is 0. The molecule has 2 aliphatic rings. The Morgan fingerprint density at radius 2 is 2.20 bits per heavy atom. The first kappa shape index (κ1) is 15.9. The minimum Gasteiger partial charge on any atom is -0.357 e. The fourth-order valence-electron chi connectivity index (χ4n) is 4.23. The highest BCUT2D eigenvalue weighted by Crippen LogP contribution is 2.42. The SMILES string of the molecule is Cc1ccc(C(=O)N2CCC3(NC(=O)c4ccc[nH]4)CCCC23)nc1. The molecular weight excluding hydrogens is 316 g/mol. The third-order valence-electron chi connectivity index (χ3n) is 5.51. The van der Waals surface area contributed by atoms with Gasteiger partial charge in [0.2, 0.25) is 0 Å². The summed E-state index contributed by atoms with van der Waals surface area (Å²) in [5.41, 5.74) is 1.75. The van der Waals surface area contributed by atoms with Gasteiger partial charge in [-0.05, 0) is 56.4 Å². The second-order valence-corrected chi connectivity index (χ2v) is 7.07. The smallest absolute Gasteiger partial charge is 0.272 e. The molecule has 0 aromatic carbocycles. The molecule has 0 bridgehead atoms. The fourth-order valence-corrected chi connectivity index (χ4v) is 4.23.